The molecule has 2 saturated heterocycles. The van der Waals surface area contributed by atoms with Crippen LogP contribution in [0.15, 0.2) is 24.3 Å². The zero-order chi connectivity index (χ0) is 15.9. The standard InChI is InChI=1S/C15H15NO6/c17-13(16-8-3-1-7(2-4-8)14(18)19)11-9-5-6-10(22-9)12(11)15(20)21/h1-4,9-12H,5-6H2,(H,16,17)(H,18,19)(H,20,21)/t9-,10-,11-,12+/m1/s1. The van der Waals surface area contributed by atoms with E-state index >= 15 is 0 Å². The molecule has 0 aliphatic carbocycles. The van der Waals surface area contributed by atoms with Crippen LogP contribution in [0.2, 0.25) is 0 Å². The van der Waals surface area contributed by atoms with Gasteiger partial charge in [0.1, 0.15) is 0 Å². The topological polar surface area (TPSA) is 113 Å². The summed E-state index contributed by atoms with van der Waals surface area (Å²) in [5.41, 5.74) is 0.548. The summed E-state index contributed by atoms with van der Waals surface area (Å²) in [6, 6.07) is 5.71. The number of ether oxygens (including phenoxy) is 1. The van der Waals surface area contributed by atoms with Gasteiger partial charge < -0.3 is 20.3 Å². The smallest absolute Gasteiger partial charge is 0.335 e. The number of rotatable bonds is 4. The Morgan fingerprint density at radius 3 is 2.14 bits per heavy atom. The molecule has 22 heavy (non-hydrogen) atoms. The van der Waals surface area contributed by atoms with E-state index in [4.69, 9.17) is 9.84 Å². The highest BCUT2D eigenvalue weighted by Gasteiger charge is 2.55. The summed E-state index contributed by atoms with van der Waals surface area (Å²) in [6.07, 6.45) is 0.598. The number of carboxylic acids is 2. The molecule has 1 aromatic rings. The van der Waals surface area contributed by atoms with E-state index in [9.17, 15) is 19.5 Å². The monoisotopic (exact) mass is 305 g/mol. The van der Waals surface area contributed by atoms with Gasteiger partial charge >= 0.3 is 11.9 Å². The molecular weight excluding hydrogens is 290 g/mol. The third kappa shape index (κ3) is 2.43. The Balaban J connectivity index is 1.73. The van der Waals surface area contributed by atoms with Crippen LogP contribution in [0.4, 0.5) is 5.69 Å². The van der Waals surface area contributed by atoms with E-state index in [-0.39, 0.29) is 11.7 Å². The Bertz CT molecular complexity index is 625. The fraction of sp³-hybridized carbons (Fsp3) is 0.400. The third-order valence-corrected chi connectivity index (χ3v) is 4.26. The number of carboxylic acid groups (broad SMARTS) is 2. The van der Waals surface area contributed by atoms with Gasteiger partial charge in [0.25, 0.3) is 0 Å². The molecule has 0 spiro atoms. The molecule has 0 saturated carbocycles. The predicted octanol–water partition coefficient (Wildman–Crippen LogP) is 1.20. The SMILES string of the molecule is O=C(O)c1ccc(NC(=O)[C@H]2[C@@H](C(=O)O)[C@H]3CC[C@H]2O3)cc1. The molecule has 2 heterocycles. The lowest BCUT2D eigenvalue weighted by molar-refractivity contribution is -0.147. The van der Waals surface area contributed by atoms with Crippen molar-refractivity contribution in [1.82, 2.24) is 0 Å². The second-order valence-corrected chi connectivity index (χ2v) is 5.55. The van der Waals surface area contributed by atoms with Crippen LogP contribution in [0.5, 0.6) is 0 Å². The first kappa shape index (κ1) is 14.5. The Kier molecular flexibility index (Phi) is 3.58. The quantitative estimate of drug-likeness (QED) is 0.770. The zero-order valence-electron chi connectivity index (χ0n) is 11.6. The van der Waals surface area contributed by atoms with Crippen molar-refractivity contribution >= 4 is 23.5 Å². The van der Waals surface area contributed by atoms with Crippen molar-refractivity contribution in [2.75, 3.05) is 5.32 Å². The molecule has 2 fully saturated rings. The molecule has 3 rings (SSSR count). The number of carbonyl (C=O) groups excluding carboxylic acids is 1. The predicted molar refractivity (Wildman–Crippen MR) is 74.5 cm³/mol. The number of hydrogen-bond donors (Lipinski definition) is 3. The largest absolute Gasteiger partial charge is 0.481 e. The van der Waals surface area contributed by atoms with Crippen LogP contribution in [-0.4, -0.2) is 40.3 Å². The van der Waals surface area contributed by atoms with Crippen molar-refractivity contribution in [2.24, 2.45) is 11.8 Å². The molecule has 1 amide bonds. The van der Waals surface area contributed by atoms with Crippen LogP contribution in [0, 0.1) is 11.8 Å². The van der Waals surface area contributed by atoms with E-state index in [2.05, 4.69) is 5.32 Å². The molecule has 0 unspecified atom stereocenters. The summed E-state index contributed by atoms with van der Waals surface area (Å²) in [7, 11) is 0. The number of carbonyl (C=O) groups is 3. The number of benzene rings is 1. The van der Waals surface area contributed by atoms with Gasteiger partial charge in [-0.25, -0.2) is 4.79 Å². The van der Waals surface area contributed by atoms with Crippen molar-refractivity contribution in [2.45, 2.75) is 25.0 Å². The maximum atomic E-state index is 12.4. The maximum absolute atomic E-state index is 12.4. The van der Waals surface area contributed by atoms with E-state index in [0.717, 1.165) is 0 Å². The molecular formula is C15H15NO6. The first-order chi connectivity index (χ1) is 10.5. The highest BCUT2D eigenvalue weighted by Crippen LogP contribution is 2.44. The van der Waals surface area contributed by atoms with Gasteiger partial charge in [0, 0.05) is 5.69 Å². The van der Waals surface area contributed by atoms with Gasteiger partial charge in [-0.15, -0.1) is 0 Å². The highest BCUT2D eigenvalue weighted by atomic mass is 16.5. The summed E-state index contributed by atoms with van der Waals surface area (Å²) in [5.74, 6) is -4.01. The van der Waals surface area contributed by atoms with Crippen LogP contribution in [0.3, 0.4) is 0 Å². The van der Waals surface area contributed by atoms with Gasteiger partial charge in [0.05, 0.1) is 29.6 Å². The number of nitrogens with one attached hydrogen (secondary N) is 1. The summed E-state index contributed by atoms with van der Waals surface area (Å²) < 4.78 is 5.55. The first-order valence-electron chi connectivity index (χ1n) is 7.00. The number of anilines is 1. The van der Waals surface area contributed by atoms with Gasteiger partial charge in [0.2, 0.25) is 5.91 Å². The van der Waals surface area contributed by atoms with E-state index in [1.54, 1.807) is 0 Å². The van der Waals surface area contributed by atoms with E-state index in [1.165, 1.54) is 24.3 Å². The first-order valence-corrected chi connectivity index (χ1v) is 7.00. The summed E-state index contributed by atoms with van der Waals surface area (Å²) >= 11 is 0. The second kappa shape index (κ2) is 5.42. The van der Waals surface area contributed by atoms with Crippen LogP contribution in [0.25, 0.3) is 0 Å². The number of aromatic carboxylic acids is 1. The molecule has 7 nitrogen and oxygen atoms in total. The Hall–Kier alpha value is -2.41. The molecule has 0 radical (unpaired) electrons. The lowest BCUT2D eigenvalue weighted by Gasteiger charge is -2.23. The van der Waals surface area contributed by atoms with E-state index in [0.29, 0.717) is 18.5 Å². The number of amides is 1. The average Bonchev–Trinajstić information content (AvgIpc) is 3.08. The van der Waals surface area contributed by atoms with Crippen molar-refractivity contribution < 1.29 is 29.3 Å². The summed E-state index contributed by atoms with van der Waals surface area (Å²) in [4.78, 5) is 34.5. The van der Waals surface area contributed by atoms with Crippen molar-refractivity contribution in [3.63, 3.8) is 0 Å². The molecule has 4 atom stereocenters. The van der Waals surface area contributed by atoms with E-state index < -0.39 is 35.8 Å². The second-order valence-electron chi connectivity index (χ2n) is 5.55. The Morgan fingerprint density at radius 2 is 1.59 bits per heavy atom. The zero-order valence-corrected chi connectivity index (χ0v) is 11.6. The Labute approximate surface area is 125 Å². The van der Waals surface area contributed by atoms with Crippen LogP contribution in [-0.2, 0) is 14.3 Å². The van der Waals surface area contributed by atoms with Crippen molar-refractivity contribution in [3.05, 3.63) is 29.8 Å². The van der Waals surface area contributed by atoms with Crippen molar-refractivity contribution in [3.8, 4) is 0 Å². The van der Waals surface area contributed by atoms with E-state index in [1.807, 2.05) is 0 Å². The normalized spacial score (nSPS) is 29.3. The average molecular weight is 305 g/mol. The minimum atomic E-state index is -1.05. The molecule has 0 aromatic heterocycles. The van der Waals surface area contributed by atoms with Crippen LogP contribution >= 0.6 is 0 Å². The Morgan fingerprint density at radius 1 is 1.00 bits per heavy atom. The molecule has 1 aromatic carbocycles. The lowest BCUT2D eigenvalue weighted by atomic mass is 9.78. The molecule has 7 heteroatoms. The minimum Gasteiger partial charge on any atom is -0.481 e. The maximum Gasteiger partial charge on any atom is 0.335 e. The van der Waals surface area contributed by atoms with Gasteiger partial charge in [-0.2, -0.15) is 0 Å². The van der Waals surface area contributed by atoms with Gasteiger partial charge in [0.15, 0.2) is 0 Å². The molecule has 116 valence electrons. The minimum absolute atomic E-state index is 0.115. The fourth-order valence-corrected chi connectivity index (χ4v) is 3.25. The highest BCUT2D eigenvalue weighted by molar-refractivity contribution is 5.96. The summed E-state index contributed by atoms with van der Waals surface area (Å²) in [5, 5.41) is 20.8. The fourth-order valence-electron chi connectivity index (χ4n) is 3.25. The third-order valence-electron chi connectivity index (χ3n) is 4.26. The number of hydrogen-bond acceptors (Lipinski definition) is 4. The van der Waals surface area contributed by atoms with Crippen LogP contribution in [0.1, 0.15) is 23.2 Å². The molecule has 2 aliphatic rings. The molecule has 3 N–H and O–H groups in total. The van der Waals surface area contributed by atoms with Crippen LogP contribution < -0.4 is 5.32 Å². The van der Waals surface area contributed by atoms with Gasteiger partial charge in [-0.05, 0) is 37.1 Å². The number of aliphatic carboxylic acids is 1. The summed E-state index contributed by atoms with van der Waals surface area (Å²) in [6.45, 7) is 0. The van der Waals surface area contributed by atoms with Gasteiger partial charge in [-0.1, -0.05) is 0 Å². The molecule has 2 bridgehead atoms. The number of fused-ring (bicyclic) bond motifs is 2. The lowest BCUT2D eigenvalue weighted by Crippen LogP contribution is -2.40. The van der Waals surface area contributed by atoms with Crippen molar-refractivity contribution in [1.29, 1.82) is 0 Å². The van der Waals surface area contributed by atoms with Gasteiger partial charge in [-0.3, -0.25) is 9.59 Å². The molecule has 2 aliphatic heterocycles.